The molecule has 0 bridgehead atoms. The topological polar surface area (TPSA) is 86.8 Å². The van der Waals surface area contributed by atoms with E-state index in [4.69, 9.17) is 0 Å². The second-order valence-corrected chi connectivity index (χ2v) is 10.1. The molecule has 2 amide bonds. The lowest BCUT2D eigenvalue weighted by Crippen LogP contribution is -2.51. The van der Waals surface area contributed by atoms with E-state index in [9.17, 15) is 22.4 Å². The van der Waals surface area contributed by atoms with Crippen LogP contribution in [-0.4, -0.2) is 50.5 Å². The van der Waals surface area contributed by atoms with Gasteiger partial charge in [-0.1, -0.05) is 38.1 Å². The number of hydrogen-bond donors (Lipinski definition) is 1. The van der Waals surface area contributed by atoms with Gasteiger partial charge in [0, 0.05) is 13.1 Å². The van der Waals surface area contributed by atoms with E-state index in [-0.39, 0.29) is 18.4 Å². The third-order valence-electron chi connectivity index (χ3n) is 5.31. The van der Waals surface area contributed by atoms with Crippen LogP contribution in [0.4, 0.5) is 10.1 Å². The van der Waals surface area contributed by atoms with Crippen LogP contribution in [0.5, 0.6) is 0 Å². The van der Waals surface area contributed by atoms with Crippen LogP contribution in [0.1, 0.15) is 44.7 Å². The number of rotatable bonds is 10. The first-order chi connectivity index (χ1) is 15.4. The molecule has 0 aromatic heterocycles. The van der Waals surface area contributed by atoms with Gasteiger partial charge in [0.2, 0.25) is 21.8 Å². The molecule has 2 rings (SSSR count). The van der Waals surface area contributed by atoms with Crippen LogP contribution in [0.2, 0.25) is 0 Å². The van der Waals surface area contributed by atoms with Crippen molar-refractivity contribution in [3.05, 3.63) is 65.5 Å². The Morgan fingerprint density at radius 1 is 1.00 bits per heavy atom. The summed E-state index contributed by atoms with van der Waals surface area (Å²) in [6, 6.07) is 11.7. The van der Waals surface area contributed by atoms with E-state index < -0.39 is 34.3 Å². The number of nitrogens with one attached hydrogen (secondary N) is 1. The molecule has 1 atom stereocenters. The highest BCUT2D eigenvalue weighted by atomic mass is 32.2. The molecule has 2 aromatic carbocycles. The molecule has 0 unspecified atom stereocenters. The molecule has 0 saturated carbocycles. The number of carbonyl (C=O) groups is 2. The Morgan fingerprint density at radius 3 is 2.06 bits per heavy atom. The summed E-state index contributed by atoms with van der Waals surface area (Å²) in [6.45, 7) is 7.36. The number of anilines is 1. The third kappa shape index (κ3) is 7.28. The Labute approximate surface area is 195 Å². The minimum Gasteiger partial charge on any atom is -0.355 e. The Morgan fingerprint density at radius 2 is 1.58 bits per heavy atom. The van der Waals surface area contributed by atoms with Crippen molar-refractivity contribution in [1.29, 1.82) is 0 Å². The van der Waals surface area contributed by atoms with Crippen LogP contribution >= 0.6 is 0 Å². The van der Waals surface area contributed by atoms with Crippen molar-refractivity contribution < 1.29 is 22.4 Å². The van der Waals surface area contributed by atoms with E-state index >= 15 is 0 Å². The largest absolute Gasteiger partial charge is 0.355 e. The monoisotopic (exact) mass is 477 g/mol. The predicted molar refractivity (Wildman–Crippen MR) is 128 cm³/mol. The van der Waals surface area contributed by atoms with Gasteiger partial charge in [0.25, 0.3) is 0 Å². The fourth-order valence-corrected chi connectivity index (χ4v) is 4.18. The number of sulfonamides is 1. The molecule has 1 N–H and O–H groups in total. The van der Waals surface area contributed by atoms with E-state index in [1.54, 1.807) is 26.0 Å². The molecule has 33 heavy (non-hydrogen) atoms. The van der Waals surface area contributed by atoms with E-state index in [0.29, 0.717) is 17.8 Å². The molecular weight excluding hydrogens is 445 g/mol. The first-order valence-corrected chi connectivity index (χ1v) is 12.7. The molecule has 0 saturated heterocycles. The zero-order valence-corrected chi connectivity index (χ0v) is 20.5. The van der Waals surface area contributed by atoms with Gasteiger partial charge in [-0.3, -0.25) is 13.9 Å². The maximum Gasteiger partial charge on any atom is 0.244 e. The maximum atomic E-state index is 13.3. The van der Waals surface area contributed by atoms with Gasteiger partial charge in [0.05, 0.1) is 11.9 Å². The van der Waals surface area contributed by atoms with Gasteiger partial charge < -0.3 is 10.2 Å². The molecule has 2 aromatic rings. The van der Waals surface area contributed by atoms with Crippen LogP contribution in [0, 0.1) is 5.82 Å². The van der Waals surface area contributed by atoms with Gasteiger partial charge >= 0.3 is 0 Å². The molecule has 0 aliphatic carbocycles. The van der Waals surface area contributed by atoms with Crippen molar-refractivity contribution in [2.24, 2.45) is 0 Å². The number of benzene rings is 2. The van der Waals surface area contributed by atoms with Gasteiger partial charge in [-0.2, -0.15) is 0 Å². The van der Waals surface area contributed by atoms with Crippen LogP contribution < -0.4 is 9.62 Å². The molecule has 0 radical (unpaired) electrons. The van der Waals surface area contributed by atoms with Crippen molar-refractivity contribution in [3.8, 4) is 0 Å². The lowest BCUT2D eigenvalue weighted by molar-refractivity contribution is -0.139. The zero-order chi connectivity index (χ0) is 24.8. The summed E-state index contributed by atoms with van der Waals surface area (Å²) in [4.78, 5) is 27.1. The van der Waals surface area contributed by atoms with Crippen molar-refractivity contribution in [2.45, 2.75) is 46.2 Å². The highest BCUT2D eigenvalue weighted by Crippen LogP contribution is 2.22. The van der Waals surface area contributed by atoms with Crippen LogP contribution in [-0.2, 0) is 26.2 Å². The third-order valence-corrected chi connectivity index (χ3v) is 6.45. The number of halogens is 1. The molecule has 0 fully saturated rings. The summed E-state index contributed by atoms with van der Waals surface area (Å²) < 4.78 is 39.4. The molecule has 0 aliphatic rings. The average molecular weight is 478 g/mol. The molecule has 9 heteroatoms. The minimum absolute atomic E-state index is 0.0291. The Bertz CT molecular complexity index is 1050. The highest BCUT2D eigenvalue weighted by molar-refractivity contribution is 7.92. The quantitative estimate of drug-likeness (QED) is 0.569. The first-order valence-electron chi connectivity index (χ1n) is 10.8. The van der Waals surface area contributed by atoms with Crippen LogP contribution in [0.15, 0.2) is 48.5 Å². The molecule has 180 valence electrons. The van der Waals surface area contributed by atoms with Crippen molar-refractivity contribution in [2.75, 3.05) is 23.7 Å². The number of hydrogen-bond acceptors (Lipinski definition) is 4. The van der Waals surface area contributed by atoms with Gasteiger partial charge in [-0.05, 0) is 55.2 Å². The highest BCUT2D eigenvalue weighted by Gasteiger charge is 2.29. The van der Waals surface area contributed by atoms with Gasteiger partial charge in [-0.25, -0.2) is 12.8 Å². The lowest BCUT2D eigenvalue weighted by Gasteiger charge is -2.31. The molecular formula is C24H32FN3O4S. The summed E-state index contributed by atoms with van der Waals surface area (Å²) in [5.41, 5.74) is 2.03. The molecule has 0 heterocycles. The number of carbonyl (C=O) groups excluding carboxylic acids is 2. The summed E-state index contributed by atoms with van der Waals surface area (Å²) in [6.07, 6.45) is 1.04. The first kappa shape index (κ1) is 26.3. The van der Waals surface area contributed by atoms with E-state index in [0.717, 1.165) is 16.1 Å². The normalized spacial score (nSPS) is 12.3. The number of nitrogens with zero attached hydrogens (tertiary/aromatic N) is 2. The summed E-state index contributed by atoms with van der Waals surface area (Å²) >= 11 is 0. The summed E-state index contributed by atoms with van der Waals surface area (Å²) in [5.74, 6) is -1.05. The standard InChI is InChI=1S/C24H32FN3O4S/c1-6-26-24(30)18(4)27(15-19-7-11-21(25)12-8-19)23(29)16-28(33(5,31)32)22-13-9-20(10-14-22)17(2)3/h7-14,17-18H,6,15-16H2,1-5H3,(H,26,30)/t18-/m1/s1. The van der Waals surface area contributed by atoms with Crippen molar-refractivity contribution in [3.63, 3.8) is 0 Å². The fourth-order valence-electron chi connectivity index (χ4n) is 3.33. The Kier molecular flexibility index (Phi) is 8.99. The number of amides is 2. The lowest BCUT2D eigenvalue weighted by atomic mass is 10.0. The van der Waals surface area contributed by atoms with Crippen LogP contribution in [0.3, 0.4) is 0 Å². The maximum absolute atomic E-state index is 13.3. The van der Waals surface area contributed by atoms with Gasteiger partial charge in [-0.15, -0.1) is 0 Å². The van der Waals surface area contributed by atoms with Crippen molar-refractivity contribution >= 4 is 27.5 Å². The van der Waals surface area contributed by atoms with E-state index in [1.807, 2.05) is 26.0 Å². The smallest absolute Gasteiger partial charge is 0.244 e. The predicted octanol–water partition coefficient (Wildman–Crippen LogP) is 3.27. The van der Waals surface area contributed by atoms with E-state index in [1.165, 1.54) is 29.2 Å². The molecule has 0 spiro atoms. The van der Waals surface area contributed by atoms with Crippen molar-refractivity contribution in [1.82, 2.24) is 10.2 Å². The number of likely N-dealkylation sites (N-methyl/N-ethyl adjacent to an activating group) is 1. The summed E-state index contributed by atoms with van der Waals surface area (Å²) in [7, 11) is -3.78. The Balaban J connectivity index is 2.36. The second kappa shape index (κ2) is 11.3. The molecule has 0 aliphatic heterocycles. The average Bonchev–Trinajstić information content (AvgIpc) is 2.76. The van der Waals surface area contributed by atoms with E-state index in [2.05, 4.69) is 5.32 Å². The minimum atomic E-state index is -3.78. The van der Waals surface area contributed by atoms with Gasteiger partial charge in [0.1, 0.15) is 18.4 Å². The van der Waals surface area contributed by atoms with Gasteiger partial charge in [0.15, 0.2) is 0 Å². The Hall–Kier alpha value is -2.94. The van der Waals surface area contributed by atoms with Crippen LogP contribution in [0.25, 0.3) is 0 Å². The zero-order valence-electron chi connectivity index (χ0n) is 19.7. The molecule has 7 nitrogen and oxygen atoms in total. The fraction of sp³-hybridized carbons (Fsp3) is 0.417. The second-order valence-electron chi connectivity index (χ2n) is 8.23. The SMILES string of the molecule is CCNC(=O)[C@@H](C)N(Cc1ccc(F)cc1)C(=O)CN(c1ccc(C(C)C)cc1)S(C)(=O)=O. The summed E-state index contributed by atoms with van der Waals surface area (Å²) in [5, 5.41) is 2.68.